The van der Waals surface area contributed by atoms with Crippen molar-refractivity contribution in [1.29, 1.82) is 0 Å². The lowest BCUT2D eigenvalue weighted by Crippen LogP contribution is -2.38. The number of carbonyl (C=O) groups excluding carboxylic acids is 1. The summed E-state index contributed by atoms with van der Waals surface area (Å²) in [6.45, 7) is 0.855. The molecule has 0 bridgehead atoms. The van der Waals surface area contributed by atoms with Crippen molar-refractivity contribution < 1.29 is 19.4 Å². The summed E-state index contributed by atoms with van der Waals surface area (Å²) in [5, 5.41) is 9.19. The smallest absolute Gasteiger partial charge is 0.410 e. The van der Waals surface area contributed by atoms with Crippen LogP contribution in [-0.4, -0.2) is 28.6 Å². The van der Waals surface area contributed by atoms with Crippen LogP contribution >= 0.6 is 0 Å². The van der Waals surface area contributed by atoms with Gasteiger partial charge in [0, 0.05) is 6.54 Å². The van der Waals surface area contributed by atoms with Gasteiger partial charge >= 0.3 is 12.1 Å². The number of piperidine rings is 1. The molecule has 1 aliphatic rings. The summed E-state index contributed by atoms with van der Waals surface area (Å²) in [4.78, 5) is 25.5. The zero-order valence-corrected chi connectivity index (χ0v) is 13.9. The van der Waals surface area contributed by atoms with Crippen molar-refractivity contribution in [2.75, 3.05) is 6.54 Å². The maximum absolute atomic E-state index is 12.6. The van der Waals surface area contributed by atoms with Gasteiger partial charge < -0.3 is 14.7 Å². The minimum absolute atomic E-state index is 0.142. The van der Waals surface area contributed by atoms with Gasteiger partial charge in [-0.3, -0.25) is 0 Å². The molecule has 0 saturated carbocycles. The third kappa shape index (κ3) is 4.18. The lowest BCUT2D eigenvalue weighted by molar-refractivity contribution is 0.0678. The first-order valence-corrected chi connectivity index (χ1v) is 8.46. The SMILES string of the molecule is O=C(O)c1cccc(C2CCCCN2C(=O)OCc2ccccc2)c1. The zero-order valence-electron chi connectivity index (χ0n) is 13.9. The maximum Gasteiger partial charge on any atom is 0.410 e. The maximum atomic E-state index is 12.6. The lowest BCUT2D eigenvalue weighted by Gasteiger charge is -2.35. The van der Waals surface area contributed by atoms with Gasteiger partial charge in [-0.1, -0.05) is 42.5 Å². The highest BCUT2D eigenvalue weighted by molar-refractivity contribution is 5.87. The van der Waals surface area contributed by atoms with Gasteiger partial charge in [0.05, 0.1) is 11.6 Å². The van der Waals surface area contributed by atoms with Gasteiger partial charge in [-0.25, -0.2) is 9.59 Å². The van der Waals surface area contributed by atoms with Crippen molar-refractivity contribution in [2.24, 2.45) is 0 Å². The fourth-order valence-corrected chi connectivity index (χ4v) is 3.18. The van der Waals surface area contributed by atoms with E-state index in [2.05, 4.69) is 0 Å². The number of benzene rings is 2. The summed E-state index contributed by atoms with van der Waals surface area (Å²) in [7, 11) is 0. The van der Waals surface area contributed by atoms with E-state index in [-0.39, 0.29) is 24.3 Å². The van der Waals surface area contributed by atoms with Gasteiger partial charge in [-0.2, -0.15) is 0 Å². The average Bonchev–Trinajstić information content (AvgIpc) is 2.67. The van der Waals surface area contributed by atoms with Crippen LogP contribution < -0.4 is 0 Å². The highest BCUT2D eigenvalue weighted by Gasteiger charge is 2.29. The van der Waals surface area contributed by atoms with Gasteiger partial charge in [0.25, 0.3) is 0 Å². The topological polar surface area (TPSA) is 66.8 Å². The monoisotopic (exact) mass is 339 g/mol. The molecule has 1 heterocycles. The summed E-state index contributed by atoms with van der Waals surface area (Å²) >= 11 is 0. The van der Waals surface area contributed by atoms with Crippen LogP contribution in [0.15, 0.2) is 54.6 Å². The van der Waals surface area contributed by atoms with Crippen LogP contribution in [0.2, 0.25) is 0 Å². The van der Waals surface area contributed by atoms with Gasteiger partial charge in [-0.15, -0.1) is 0 Å². The molecule has 1 fully saturated rings. The van der Waals surface area contributed by atoms with Gasteiger partial charge in [0.15, 0.2) is 0 Å². The second-order valence-corrected chi connectivity index (χ2v) is 6.18. The Kier molecular flexibility index (Phi) is 5.33. The number of carboxylic acids is 1. The van der Waals surface area contributed by atoms with Crippen LogP contribution in [-0.2, 0) is 11.3 Å². The normalized spacial score (nSPS) is 17.1. The Morgan fingerprint density at radius 1 is 1.08 bits per heavy atom. The molecular formula is C20H21NO4. The van der Waals surface area contributed by atoms with Gasteiger partial charge in [0.2, 0.25) is 0 Å². The number of likely N-dealkylation sites (tertiary alicyclic amines) is 1. The molecule has 1 saturated heterocycles. The molecule has 1 unspecified atom stereocenters. The highest BCUT2D eigenvalue weighted by Crippen LogP contribution is 2.32. The standard InChI is InChI=1S/C20H21NO4/c22-19(23)17-10-6-9-16(13-17)18-11-4-5-12-21(18)20(24)25-14-15-7-2-1-3-8-15/h1-3,6-10,13,18H,4-5,11-12,14H2,(H,22,23). The van der Waals surface area contributed by atoms with Gasteiger partial charge in [0.1, 0.15) is 6.61 Å². The summed E-state index contributed by atoms with van der Waals surface area (Å²) in [6, 6.07) is 16.2. The first kappa shape index (κ1) is 17.0. The fourth-order valence-electron chi connectivity index (χ4n) is 3.18. The number of amides is 1. The van der Waals surface area contributed by atoms with Crippen molar-refractivity contribution in [1.82, 2.24) is 4.90 Å². The number of nitrogens with zero attached hydrogens (tertiary/aromatic N) is 1. The highest BCUT2D eigenvalue weighted by atomic mass is 16.6. The summed E-state index contributed by atoms with van der Waals surface area (Å²) in [6.07, 6.45) is 2.39. The van der Waals surface area contributed by atoms with E-state index in [1.54, 1.807) is 23.1 Å². The predicted molar refractivity (Wildman–Crippen MR) is 93.3 cm³/mol. The third-order valence-corrected chi connectivity index (χ3v) is 4.46. The molecule has 5 heteroatoms. The van der Waals surface area contributed by atoms with E-state index in [1.165, 1.54) is 0 Å². The average molecular weight is 339 g/mol. The number of carbonyl (C=O) groups is 2. The van der Waals surface area contributed by atoms with Crippen LogP contribution in [0.1, 0.15) is 46.8 Å². The van der Waals surface area contributed by atoms with Crippen molar-refractivity contribution >= 4 is 12.1 Å². The first-order valence-electron chi connectivity index (χ1n) is 8.46. The molecule has 1 amide bonds. The van der Waals surface area contributed by atoms with Crippen molar-refractivity contribution in [3.8, 4) is 0 Å². The molecule has 0 aromatic heterocycles. The van der Waals surface area contributed by atoms with Crippen LogP contribution in [0.25, 0.3) is 0 Å². The van der Waals surface area contributed by atoms with Crippen LogP contribution in [0, 0.1) is 0 Å². The molecule has 5 nitrogen and oxygen atoms in total. The van der Waals surface area contributed by atoms with Crippen molar-refractivity contribution in [3.05, 3.63) is 71.3 Å². The Balaban J connectivity index is 1.73. The molecule has 2 aromatic carbocycles. The number of rotatable bonds is 4. The second-order valence-electron chi connectivity index (χ2n) is 6.18. The Hall–Kier alpha value is -2.82. The third-order valence-electron chi connectivity index (χ3n) is 4.46. The molecule has 1 atom stereocenters. The number of hydrogen-bond donors (Lipinski definition) is 1. The molecule has 130 valence electrons. The zero-order chi connectivity index (χ0) is 17.6. The van der Waals surface area contributed by atoms with Crippen LogP contribution in [0.4, 0.5) is 4.79 Å². The Labute approximate surface area is 146 Å². The van der Waals surface area contributed by atoms with Gasteiger partial charge in [-0.05, 0) is 42.5 Å². The number of hydrogen-bond acceptors (Lipinski definition) is 3. The van der Waals surface area contributed by atoms with Crippen molar-refractivity contribution in [3.63, 3.8) is 0 Å². The van der Waals surface area contributed by atoms with Crippen molar-refractivity contribution in [2.45, 2.75) is 31.9 Å². The van der Waals surface area contributed by atoms with E-state index < -0.39 is 5.97 Å². The van der Waals surface area contributed by atoms with E-state index in [4.69, 9.17) is 4.74 Å². The Bertz CT molecular complexity index is 744. The number of aromatic carboxylic acids is 1. The van der Waals surface area contributed by atoms with Crippen LogP contribution in [0.5, 0.6) is 0 Å². The Morgan fingerprint density at radius 2 is 1.88 bits per heavy atom. The first-order chi connectivity index (χ1) is 12.1. The molecule has 0 aliphatic carbocycles. The summed E-state index contributed by atoms with van der Waals surface area (Å²) in [5.74, 6) is -0.962. The summed E-state index contributed by atoms with van der Waals surface area (Å²) < 4.78 is 5.47. The van der Waals surface area contributed by atoms with E-state index >= 15 is 0 Å². The summed E-state index contributed by atoms with van der Waals surface area (Å²) in [5.41, 5.74) is 2.02. The lowest BCUT2D eigenvalue weighted by atomic mass is 9.94. The number of carboxylic acid groups (broad SMARTS) is 1. The molecule has 0 radical (unpaired) electrons. The molecule has 1 N–H and O–H groups in total. The fraction of sp³-hybridized carbons (Fsp3) is 0.300. The molecule has 3 rings (SSSR count). The van der Waals surface area contributed by atoms with Crippen LogP contribution in [0.3, 0.4) is 0 Å². The quantitative estimate of drug-likeness (QED) is 0.904. The van der Waals surface area contributed by atoms with E-state index in [0.717, 1.165) is 30.4 Å². The van der Waals surface area contributed by atoms with E-state index in [0.29, 0.717) is 6.54 Å². The second kappa shape index (κ2) is 7.83. The van der Waals surface area contributed by atoms with E-state index in [9.17, 15) is 14.7 Å². The van der Waals surface area contributed by atoms with E-state index in [1.807, 2.05) is 36.4 Å². The largest absolute Gasteiger partial charge is 0.478 e. The predicted octanol–water partition coefficient (Wildman–Crippen LogP) is 4.25. The molecule has 0 spiro atoms. The molecule has 25 heavy (non-hydrogen) atoms. The molecule has 2 aromatic rings. The molecular weight excluding hydrogens is 318 g/mol. The molecule has 1 aliphatic heterocycles. The number of ether oxygens (including phenoxy) is 1. The minimum Gasteiger partial charge on any atom is -0.478 e. The Morgan fingerprint density at radius 3 is 2.64 bits per heavy atom. The minimum atomic E-state index is -0.962.